The SMILES string of the molecule is CCCCN(CC(=O)N(Cc1ccco1)Cc1cccn1C)C(=O)C(c1ccccc1)c1ccccc1. The van der Waals surface area contributed by atoms with Gasteiger partial charge in [-0.05, 0) is 41.8 Å². The van der Waals surface area contributed by atoms with Gasteiger partial charge < -0.3 is 18.8 Å². The maximum atomic E-state index is 14.1. The lowest BCUT2D eigenvalue weighted by Crippen LogP contribution is -2.44. The summed E-state index contributed by atoms with van der Waals surface area (Å²) in [4.78, 5) is 31.4. The monoisotopic (exact) mass is 497 g/mol. The number of hydrogen-bond donors (Lipinski definition) is 0. The molecule has 4 rings (SSSR count). The first-order valence-corrected chi connectivity index (χ1v) is 12.9. The lowest BCUT2D eigenvalue weighted by Gasteiger charge is -2.30. The smallest absolute Gasteiger partial charge is 0.242 e. The first-order valence-electron chi connectivity index (χ1n) is 12.9. The van der Waals surface area contributed by atoms with Crippen LogP contribution in [0.15, 0.2) is 102 Å². The van der Waals surface area contributed by atoms with Gasteiger partial charge in [0, 0.05) is 25.5 Å². The number of aromatic nitrogens is 1. The van der Waals surface area contributed by atoms with Gasteiger partial charge in [-0.2, -0.15) is 0 Å². The van der Waals surface area contributed by atoms with Gasteiger partial charge in [0.1, 0.15) is 5.76 Å². The fraction of sp³-hybridized carbons (Fsp3) is 0.290. The number of rotatable bonds is 12. The van der Waals surface area contributed by atoms with Crippen LogP contribution in [0.4, 0.5) is 0 Å². The van der Waals surface area contributed by atoms with Crippen molar-refractivity contribution in [2.75, 3.05) is 13.1 Å². The molecule has 0 fully saturated rings. The third kappa shape index (κ3) is 6.79. The van der Waals surface area contributed by atoms with E-state index < -0.39 is 5.92 Å². The summed E-state index contributed by atoms with van der Waals surface area (Å²) in [5.41, 5.74) is 2.85. The fourth-order valence-corrected chi connectivity index (χ4v) is 4.51. The second-order valence-corrected chi connectivity index (χ2v) is 9.31. The number of furan rings is 1. The molecule has 192 valence electrons. The van der Waals surface area contributed by atoms with E-state index in [1.165, 1.54) is 0 Å². The normalized spacial score (nSPS) is 11.0. The Hall–Kier alpha value is -4.06. The van der Waals surface area contributed by atoms with Gasteiger partial charge in [0.25, 0.3) is 0 Å². The van der Waals surface area contributed by atoms with Crippen LogP contribution >= 0.6 is 0 Å². The minimum atomic E-state index is -0.474. The van der Waals surface area contributed by atoms with Crippen LogP contribution in [0.1, 0.15) is 48.3 Å². The molecule has 0 aliphatic carbocycles. The zero-order valence-electron chi connectivity index (χ0n) is 21.6. The van der Waals surface area contributed by atoms with Crippen molar-refractivity contribution in [3.05, 3.63) is 120 Å². The highest BCUT2D eigenvalue weighted by Crippen LogP contribution is 2.27. The maximum absolute atomic E-state index is 14.1. The van der Waals surface area contributed by atoms with Crippen LogP contribution in [-0.4, -0.2) is 39.3 Å². The Morgan fingerprint density at radius 1 is 0.838 bits per heavy atom. The summed E-state index contributed by atoms with van der Waals surface area (Å²) in [5, 5.41) is 0. The Labute approximate surface area is 219 Å². The summed E-state index contributed by atoms with van der Waals surface area (Å²) in [6, 6.07) is 27.3. The molecule has 0 aliphatic heterocycles. The van der Waals surface area contributed by atoms with E-state index in [-0.39, 0.29) is 18.4 Å². The van der Waals surface area contributed by atoms with Crippen molar-refractivity contribution in [2.24, 2.45) is 7.05 Å². The van der Waals surface area contributed by atoms with Gasteiger partial charge in [0.15, 0.2) is 0 Å². The summed E-state index contributed by atoms with van der Waals surface area (Å²) in [5.74, 6) is 0.0665. The first-order chi connectivity index (χ1) is 18.1. The number of aryl methyl sites for hydroxylation is 1. The molecule has 37 heavy (non-hydrogen) atoms. The van der Waals surface area contributed by atoms with Crippen LogP contribution in [0.2, 0.25) is 0 Å². The van der Waals surface area contributed by atoms with Gasteiger partial charge in [-0.15, -0.1) is 0 Å². The van der Waals surface area contributed by atoms with Crippen molar-refractivity contribution in [1.29, 1.82) is 0 Å². The summed E-state index contributed by atoms with van der Waals surface area (Å²) >= 11 is 0. The van der Waals surface area contributed by atoms with Gasteiger partial charge >= 0.3 is 0 Å². The summed E-state index contributed by atoms with van der Waals surface area (Å²) in [6.07, 6.45) is 5.33. The highest BCUT2D eigenvalue weighted by atomic mass is 16.3. The molecular weight excluding hydrogens is 462 g/mol. The number of amides is 2. The quantitative estimate of drug-likeness (QED) is 0.256. The zero-order chi connectivity index (χ0) is 26.0. The molecule has 2 amide bonds. The lowest BCUT2D eigenvalue weighted by molar-refractivity contribution is -0.141. The summed E-state index contributed by atoms with van der Waals surface area (Å²) in [6.45, 7) is 3.40. The molecule has 0 saturated carbocycles. The van der Waals surface area contributed by atoms with Gasteiger partial charge in [-0.25, -0.2) is 0 Å². The van der Waals surface area contributed by atoms with Crippen LogP contribution < -0.4 is 0 Å². The van der Waals surface area contributed by atoms with E-state index in [4.69, 9.17) is 4.42 Å². The minimum Gasteiger partial charge on any atom is -0.467 e. The predicted octanol–water partition coefficient (Wildman–Crippen LogP) is 5.61. The van der Waals surface area contributed by atoms with Crippen molar-refractivity contribution in [2.45, 2.75) is 38.8 Å². The fourth-order valence-electron chi connectivity index (χ4n) is 4.51. The molecule has 6 nitrogen and oxygen atoms in total. The second-order valence-electron chi connectivity index (χ2n) is 9.31. The molecule has 0 saturated heterocycles. The Bertz CT molecular complexity index is 1210. The molecule has 0 N–H and O–H groups in total. The molecule has 4 aromatic rings. The average Bonchev–Trinajstić information content (AvgIpc) is 3.59. The Balaban J connectivity index is 1.61. The van der Waals surface area contributed by atoms with Crippen molar-refractivity contribution in [1.82, 2.24) is 14.4 Å². The van der Waals surface area contributed by atoms with Crippen molar-refractivity contribution < 1.29 is 14.0 Å². The van der Waals surface area contributed by atoms with Gasteiger partial charge in [0.2, 0.25) is 11.8 Å². The number of unbranched alkanes of at least 4 members (excludes halogenated alkanes) is 1. The molecule has 2 heterocycles. The van der Waals surface area contributed by atoms with E-state index in [1.54, 1.807) is 16.1 Å². The first kappa shape index (κ1) is 26.0. The molecule has 0 atom stereocenters. The molecule has 6 heteroatoms. The number of benzene rings is 2. The molecular formula is C31H35N3O3. The number of carbonyl (C=O) groups excluding carboxylic acids is 2. The van der Waals surface area contributed by atoms with E-state index >= 15 is 0 Å². The highest BCUT2D eigenvalue weighted by Gasteiger charge is 2.30. The number of carbonyl (C=O) groups is 2. The molecule has 0 bridgehead atoms. The molecule has 0 unspecified atom stereocenters. The number of hydrogen-bond acceptors (Lipinski definition) is 3. The van der Waals surface area contributed by atoms with Crippen molar-refractivity contribution >= 4 is 11.8 Å². The van der Waals surface area contributed by atoms with E-state index in [9.17, 15) is 9.59 Å². The Morgan fingerprint density at radius 3 is 2.05 bits per heavy atom. The van der Waals surface area contributed by atoms with Crippen LogP contribution in [0.25, 0.3) is 0 Å². The van der Waals surface area contributed by atoms with Crippen molar-refractivity contribution in [3.63, 3.8) is 0 Å². The van der Waals surface area contributed by atoms with E-state index in [2.05, 4.69) is 6.92 Å². The Morgan fingerprint density at radius 2 is 1.51 bits per heavy atom. The van der Waals surface area contributed by atoms with Crippen molar-refractivity contribution in [3.8, 4) is 0 Å². The molecule has 0 spiro atoms. The minimum absolute atomic E-state index is 0.0140. The molecule has 0 aliphatic rings. The Kier molecular flexibility index (Phi) is 8.98. The average molecular weight is 498 g/mol. The topological polar surface area (TPSA) is 58.7 Å². The molecule has 2 aromatic heterocycles. The second kappa shape index (κ2) is 12.8. The van der Waals surface area contributed by atoms with Crippen LogP contribution in [0, 0.1) is 0 Å². The van der Waals surface area contributed by atoms with Crippen LogP contribution in [0.3, 0.4) is 0 Å². The van der Waals surface area contributed by atoms with E-state index in [0.29, 0.717) is 25.4 Å². The van der Waals surface area contributed by atoms with Gasteiger partial charge in [-0.1, -0.05) is 74.0 Å². The third-order valence-corrected chi connectivity index (χ3v) is 6.62. The third-order valence-electron chi connectivity index (χ3n) is 6.62. The van der Waals surface area contributed by atoms with Crippen LogP contribution in [0.5, 0.6) is 0 Å². The van der Waals surface area contributed by atoms with Gasteiger partial charge in [0.05, 0.1) is 31.8 Å². The molecule has 2 aromatic carbocycles. The van der Waals surface area contributed by atoms with Gasteiger partial charge in [-0.3, -0.25) is 9.59 Å². The molecule has 0 radical (unpaired) electrons. The number of nitrogens with zero attached hydrogens (tertiary/aromatic N) is 3. The standard InChI is InChI=1S/C31H35N3O3/c1-3-4-20-33(31(36)30(25-13-7-5-8-14-25)26-15-9-6-10-16-26)24-29(35)34(23-28-18-12-21-37-28)22-27-17-11-19-32(27)2/h5-19,21,30H,3-4,20,22-24H2,1-2H3. The largest absolute Gasteiger partial charge is 0.467 e. The van der Waals surface area contributed by atoms with E-state index in [1.807, 2.05) is 103 Å². The highest BCUT2D eigenvalue weighted by molar-refractivity contribution is 5.91. The summed E-state index contributed by atoms with van der Waals surface area (Å²) in [7, 11) is 1.96. The summed E-state index contributed by atoms with van der Waals surface area (Å²) < 4.78 is 7.56. The lowest BCUT2D eigenvalue weighted by atomic mass is 9.90. The predicted molar refractivity (Wildman–Crippen MR) is 145 cm³/mol. The maximum Gasteiger partial charge on any atom is 0.242 e. The zero-order valence-corrected chi connectivity index (χ0v) is 21.6. The van der Waals surface area contributed by atoms with Crippen LogP contribution in [-0.2, 0) is 29.7 Å². The van der Waals surface area contributed by atoms with E-state index in [0.717, 1.165) is 29.7 Å².